The molecule has 7 heteroatoms. The maximum atomic E-state index is 12.1. The Morgan fingerprint density at radius 3 is 2.12 bits per heavy atom. The molecule has 0 fully saturated rings. The SMILES string of the molecule is CCOC(=O)c1cc(C(=O)OCc2ccccc2)cc([N+](=O)[O-])c1. The number of hydrogen-bond donors (Lipinski definition) is 0. The fraction of sp³-hybridized carbons (Fsp3) is 0.176. The number of nitrogens with zero attached hydrogens (tertiary/aromatic N) is 1. The van der Waals surface area contributed by atoms with Crippen molar-refractivity contribution < 1.29 is 24.0 Å². The van der Waals surface area contributed by atoms with Gasteiger partial charge in [0.15, 0.2) is 0 Å². The smallest absolute Gasteiger partial charge is 0.338 e. The summed E-state index contributed by atoms with van der Waals surface area (Å²) in [5.41, 5.74) is 0.245. The number of nitro groups is 1. The molecular formula is C17H15NO6. The predicted octanol–water partition coefficient (Wildman–Crippen LogP) is 3.13. The molecule has 7 nitrogen and oxygen atoms in total. The molecule has 0 aliphatic carbocycles. The maximum absolute atomic E-state index is 12.1. The Labute approximate surface area is 138 Å². The van der Waals surface area contributed by atoms with Crippen molar-refractivity contribution in [1.29, 1.82) is 0 Å². The second kappa shape index (κ2) is 7.87. The van der Waals surface area contributed by atoms with Crippen LogP contribution in [0.15, 0.2) is 48.5 Å². The molecule has 0 saturated heterocycles. The van der Waals surface area contributed by atoms with Crippen LogP contribution in [0.25, 0.3) is 0 Å². The van der Waals surface area contributed by atoms with Crippen molar-refractivity contribution in [1.82, 2.24) is 0 Å². The van der Waals surface area contributed by atoms with Crippen LogP contribution in [-0.4, -0.2) is 23.5 Å². The van der Waals surface area contributed by atoms with Crippen molar-refractivity contribution in [2.75, 3.05) is 6.61 Å². The number of carbonyl (C=O) groups excluding carboxylic acids is 2. The van der Waals surface area contributed by atoms with Gasteiger partial charge in [0.1, 0.15) is 6.61 Å². The summed E-state index contributed by atoms with van der Waals surface area (Å²) in [5.74, 6) is -1.49. The van der Waals surface area contributed by atoms with Gasteiger partial charge in [-0.2, -0.15) is 0 Å². The van der Waals surface area contributed by atoms with Crippen LogP contribution < -0.4 is 0 Å². The predicted molar refractivity (Wildman–Crippen MR) is 84.6 cm³/mol. The molecular weight excluding hydrogens is 314 g/mol. The van der Waals surface area contributed by atoms with Gasteiger partial charge in [-0.15, -0.1) is 0 Å². The van der Waals surface area contributed by atoms with Gasteiger partial charge in [0.25, 0.3) is 5.69 Å². The first-order valence-corrected chi connectivity index (χ1v) is 7.19. The summed E-state index contributed by atoms with van der Waals surface area (Å²) in [4.78, 5) is 34.2. The van der Waals surface area contributed by atoms with E-state index in [0.29, 0.717) is 0 Å². The fourth-order valence-electron chi connectivity index (χ4n) is 1.97. The molecule has 0 aliphatic rings. The number of carbonyl (C=O) groups is 2. The number of benzene rings is 2. The molecule has 0 N–H and O–H groups in total. The lowest BCUT2D eigenvalue weighted by atomic mass is 10.1. The number of hydrogen-bond acceptors (Lipinski definition) is 6. The van der Waals surface area contributed by atoms with E-state index >= 15 is 0 Å². The second-order valence-corrected chi connectivity index (χ2v) is 4.81. The first-order valence-electron chi connectivity index (χ1n) is 7.19. The Hall–Kier alpha value is -3.22. The normalized spacial score (nSPS) is 10.0. The number of rotatable bonds is 6. The highest BCUT2D eigenvalue weighted by molar-refractivity contribution is 5.96. The summed E-state index contributed by atoms with van der Waals surface area (Å²) < 4.78 is 9.94. The van der Waals surface area contributed by atoms with E-state index in [1.165, 1.54) is 6.07 Å². The van der Waals surface area contributed by atoms with Gasteiger partial charge in [0, 0.05) is 12.1 Å². The van der Waals surface area contributed by atoms with Crippen LogP contribution >= 0.6 is 0 Å². The van der Waals surface area contributed by atoms with E-state index in [-0.39, 0.29) is 30.0 Å². The van der Waals surface area contributed by atoms with Gasteiger partial charge < -0.3 is 9.47 Å². The van der Waals surface area contributed by atoms with Gasteiger partial charge in [-0.3, -0.25) is 10.1 Å². The van der Waals surface area contributed by atoms with E-state index in [1.54, 1.807) is 31.2 Å². The van der Waals surface area contributed by atoms with E-state index in [2.05, 4.69) is 0 Å². The topological polar surface area (TPSA) is 95.7 Å². The van der Waals surface area contributed by atoms with Gasteiger partial charge in [0.2, 0.25) is 0 Å². The minimum Gasteiger partial charge on any atom is -0.462 e. The lowest BCUT2D eigenvalue weighted by Crippen LogP contribution is -2.10. The number of non-ortho nitro benzene ring substituents is 1. The van der Waals surface area contributed by atoms with Crippen LogP contribution in [0.3, 0.4) is 0 Å². The zero-order valence-electron chi connectivity index (χ0n) is 12.9. The molecule has 0 aromatic heterocycles. The highest BCUT2D eigenvalue weighted by Crippen LogP contribution is 2.19. The van der Waals surface area contributed by atoms with Crippen molar-refractivity contribution in [3.8, 4) is 0 Å². The lowest BCUT2D eigenvalue weighted by molar-refractivity contribution is -0.384. The highest BCUT2D eigenvalue weighted by Gasteiger charge is 2.19. The third-order valence-electron chi connectivity index (χ3n) is 3.09. The molecule has 0 spiro atoms. The van der Waals surface area contributed by atoms with Crippen molar-refractivity contribution in [3.05, 3.63) is 75.3 Å². The summed E-state index contributed by atoms with van der Waals surface area (Å²) >= 11 is 0. The summed E-state index contributed by atoms with van der Waals surface area (Å²) in [6.45, 7) is 1.76. The molecule has 0 saturated carbocycles. The van der Waals surface area contributed by atoms with E-state index < -0.39 is 16.9 Å². The first kappa shape index (κ1) is 17.1. The van der Waals surface area contributed by atoms with Crippen molar-refractivity contribution in [3.63, 3.8) is 0 Å². The number of nitro benzene ring substituents is 1. The molecule has 0 amide bonds. The highest BCUT2D eigenvalue weighted by atomic mass is 16.6. The lowest BCUT2D eigenvalue weighted by Gasteiger charge is -2.07. The Kier molecular flexibility index (Phi) is 5.62. The minimum atomic E-state index is -0.756. The molecule has 0 heterocycles. The van der Waals surface area contributed by atoms with Crippen molar-refractivity contribution >= 4 is 17.6 Å². The van der Waals surface area contributed by atoms with Crippen LogP contribution in [0.2, 0.25) is 0 Å². The number of ether oxygens (including phenoxy) is 2. The second-order valence-electron chi connectivity index (χ2n) is 4.81. The Balaban J connectivity index is 2.22. The molecule has 24 heavy (non-hydrogen) atoms. The molecule has 0 bridgehead atoms. The van der Waals surface area contributed by atoms with Crippen molar-refractivity contribution in [2.45, 2.75) is 13.5 Å². The summed E-state index contributed by atoms with van der Waals surface area (Å²) in [6, 6.07) is 12.3. The van der Waals surface area contributed by atoms with Crippen LogP contribution in [0.1, 0.15) is 33.2 Å². The molecule has 2 aromatic rings. The summed E-state index contributed by atoms with van der Waals surface area (Å²) in [7, 11) is 0. The Morgan fingerprint density at radius 1 is 1.00 bits per heavy atom. The molecule has 0 radical (unpaired) electrons. The Bertz CT molecular complexity index is 757. The first-order chi connectivity index (χ1) is 11.5. The Morgan fingerprint density at radius 2 is 1.58 bits per heavy atom. The van der Waals surface area contributed by atoms with Crippen molar-refractivity contribution in [2.24, 2.45) is 0 Å². The molecule has 2 rings (SSSR count). The number of esters is 2. The fourth-order valence-corrected chi connectivity index (χ4v) is 1.97. The largest absolute Gasteiger partial charge is 0.462 e. The van der Waals surface area contributed by atoms with Crippen LogP contribution in [-0.2, 0) is 16.1 Å². The summed E-state index contributed by atoms with van der Waals surface area (Å²) in [5, 5.41) is 11.0. The van der Waals surface area contributed by atoms with E-state index in [9.17, 15) is 19.7 Å². The average Bonchev–Trinajstić information content (AvgIpc) is 2.60. The minimum absolute atomic E-state index is 0.0249. The zero-order chi connectivity index (χ0) is 17.5. The third kappa shape index (κ3) is 4.39. The van der Waals surface area contributed by atoms with E-state index in [4.69, 9.17) is 9.47 Å². The third-order valence-corrected chi connectivity index (χ3v) is 3.09. The van der Waals surface area contributed by atoms with Gasteiger partial charge in [-0.05, 0) is 18.6 Å². The van der Waals surface area contributed by atoms with Crippen LogP contribution in [0.4, 0.5) is 5.69 Å². The van der Waals surface area contributed by atoms with Gasteiger partial charge in [-0.1, -0.05) is 30.3 Å². The molecule has 2 aromatic carbocycles. The van der Waals surface area contributed by atoms with E-state index in [1.807, 2.05) is 6.07 Å². The standard InChI is InChI=1S/C17H15NO6/c1-2-23-16(19)13-8-14(10-15(9-13)18(21)22)17(20)24-11-12-6-4-3-5-7-12/h3-10H,2,11H2,1H3. The monoisotopic (exact) mass is 329 g/mol. The van der Waals surface area contributed by atoms with Crippen LogP contribution in [0.5, 0.6) is 0 Å². The molecule has 0 atom stereocenters. The van der Waals surface area contributed by atoms with Gasteiger partial charge in [-0.25, -0.2) is 9.59 Å². The zero-order valence-corrected chi connectivity index (χ0v) is 12.9. The quantitative estimate of drug-likeness (QED) is 0.459. The van der Waals surface area contributed by atoms with Gasteiger partial charge in [0.05, 0.1) is 22.7 Å². The molecule has 0 unspecified atom stereocenters. The summed E-state index contributed by atoms with van der Waals surface area (Å²) in [6.07, 6.45) is 0. The van der Waals surface area contributed by atoms with Crippen LogP contribution in [0, 0.1) is 10.1 Å². The van der Waals surface area contributed by atoms with Gasteiger partial charge >= 0.3 is 11.9 Å². The maximum Gasteiger partial charge on any atom is 0.338 e. The molecule has 0 aliphatic heterocycles. The molecule has 124 valence electrons. The average molecular weight is 329 g/mol. The van der Waals surface area contributed by atoms with E-state index in [0.717, 1.165) is 17.7 Å².